The molecular formula is C21H25FN2O3. The lowest BCUT2D eigenvalue weighted by atomic mass is 9.93. The second kappa shape index (κ2) is 8.39. The molecule has 0 aromatic heterocycles. The number of halogens is 1. The summed E-state index contributed by atoms with van der Waals surface area (Å²) in [7, 11) is 3.26. The fourth-order valence-corrected chi connectivity index (χ4v) is 3.46. The molecule has 27 heavy (non-hydrogen) atoms. The molecule has 1 atom stereocenters. The first-order valence-electron chi connectivity index (χ1n) is 9.01. The lowest BCUT2D eigenvalue weighted by Crippen LogP contribution is -2.41. The Morgan fingerprint density at radius 2 is 1.85 bits per heavy atom. The average molecular weight is 372 g/mol. The summed E-state index contributed by atoms with van der Waals surface area (Å²) in [6.45, 7) is 3.60. The third kappa shape index (κ3) is 4.39. The van der Waals surface area contributed by atoms with Crippen LogP contribution in [-0.4, -0.2) is 38.1 Å². The maximum Gasteiger partial charge on any atom is 0.234 e. The largest absolute Gasteiger partial charge is 0.493 e. The Bertz CT molecular complexity index is 808. The summed E-state index contributed by atoms with van der Waals surface area (Å²) < 4.78 is 23.7. The van der Waals surface area contributed by atoms with Gasteiger partial charge in [-0.15, -0.1) is 0 Å². The summed E-state index contributed by atoms with van der Waals surface area (Å²) in [5.41, 5.74) is 3.26. The molecule has 144 valence electrons. The van der Waals surface area contributed by atoms with Crippen LogP contribution in [0.3, 0.4) is 0 Å². The molecule has 1 N–H and O–H groups in total. The summed E-state index contributed by atoms with van der Waals surface area (Å²) >= 11 is 0. The van der Waals surface area contributed by atoms with E-state index >= 15 is 0 Å². The van der Waals surface area contributed by atoms with Crippen molar-refractivity contribution in [3.8, 4) is 11.5 Å². The second-order valence-corrected chi connectivity index (χ2v) is 6.71. The number of methoxy groups -OCH3 is 2. The van der Waals surface area contributed by atoms with Gasteiger partial charge in [-0.2, -0.15) is 0 Å². The molecule has 0 saturated heterocycles. The van der Waals surface area contributed by atoms with E-state index in [9.17, 15) is 9.18 Å². The molecule has 1 aliphatic heterocycles. The molecule has 1 amide bonds. The maximum atomic E-state index is 12.9. The number of carbonyl (C=O) groups excluding carboxylic acids is 1. The van der Waals surface area contributed by atoms with Crippen LogP contribution in [0.2, 0.25) is 0 Å². The van der Waals surface area contributed by atoms with Gasteiger partial charge < -0.3 is 14.8 Å². The van der Waals surface area contributed by atoms with E-state index in [1.165, 1.54) is 17.7 Å². The number of nitrogens with zero attached hydrogens (tertiary/aromatic N) is 1. The molecule has 0 aliphatic carbocycles. The van der Waals surface area contributed by atoms with E-state index in [1.807, 2.05) is 12.1 Å². The van der Waals surface area contributed by atoms with E-state index in [2.05, 4.69) is 17.1 Å². The quantitative estimate of drug-likeness (QED) is 0.847. The summed E-state index contributed by atoms with van der Waals surface area (Å²) in [6, 6.07) is 10.3. The first-order valence-corrected chi connectivity index (χ1v) is 9.01. The van der Waals surface area contributed by atoms with Crippen molar-refractivity contribution < 1.29 is 18.7 Å². The Hall–Kier alpha value is -2.60. The highest BCUT2D eigenvalue weighted by molar-refractivity contribution is 5.78. The Morgan fingerprint density at radius 1 is 1.19 bits per heavy atom. The van der Waals surface area contributed by atoms with Crippen molar-refractivity contribution >= 4 is 5.91 Å². The van der Waals surface area contributed by atoms with Crippen LogP contribution in [0, 0.1) is 5.82 Å². The molecule has 5 nitrogen and oxygen atoms in total. The van der Waals surface area contributed by atoms with Crippen LogP contribution < -0.4 is 14.8 Å². The van der Waals surface area contributed by atoms with Gasteiger partial charge in [-0.3, -0.25) is 9.69 Å². The van der Waals surface area contributed by atoms with Crippen molar-refractivity contribution in [1.29, 1.82) is 0 Å². The zero-order valence-electron chi connectivity index (χ0n) is 15.9. The van der Waals surface area contributed by atoms with Crippen LogP contribution in [0.4, 0.5) is 4.39 Å². The van der Waals surface area contributed by atoms with Gasteiger partial charge in [-0.1, -0.05) is 12.1 Å². The summed E-state index contributed by atoms with van der Waals surface area (Å²) in [5, 5.41) is 2.90. The van der Waals surface area contributed by atoms with Gasteiger partial charge in [0.2, 0.25) is 5.91 Å². The molecule has 0 spiro atoms. The normalized spacial score (nSPS) is 16.5. The molecule has 1 heterocycles. The molecule has 1 aliphatic rings. The molecule has 0 saturated carbocycles. The fourth-order valence-electron chi connectivity index (χ4n) is 3.46. The number of ether oxygens (including phenoxy) is 2. The molecular weight excluding hydrogens is 347 g/mol. The predicted octanol–water partition coefficient (Wildman–Crippen LogP) is 3.08. The highest BCUT2D eigenvalue weighted by atomic mass is 19.1. The van der Waals surface area contributed by atoms with Crippen molar-refractivity contribution in [3.63, 3.8) is 0 Å². The molecule has 3 rings (SSSR count). The van der Waals surface area contributed by atoms with Crippen molar-refractivity contribution in [2.75, 3.05) is 27.3 Å². The Morgan fingerprint density at radius 3 is 2.52 bits per heavy atom. The monoisotopic (exact) mass is 372 g/mol. The average Bonchev–Trinajstić information content (AvgIpc) is 2.69. The Kier molecular flexibility index (Phi) is 5.96. The van der Waals surface area contributed by atoms with Gasteiger partial charge in [0.15, 0.2) is 11.5 Å². The van der Waals surface area contributed by atoms with Crippen molar-refractivity contribution in [3.05, 3.63) is 58.9 Å². The molecule has 2 aromatic carbocycles. The van der Waals surface area contributed by atoms with Crippen LogP contribution in [0.25, 0.3) is 0 Å². The standard InChI is InChI=1S/C21H25FN2O3/c1-14-18-11-20(27-3)19(26-2)10-16(18)8-9-24(14)13-21(25)23-12-15-4-6-17(22)7-5-15/h4-7,10-11,14H,8-9,12-13H2,1-3H3,(H,23,25)/t14-/m1/s1. The number of hydrogen-bond acceptors (Lipinski definition) is 4. The van der Waals surface area contributed by atoms with Crippen molar-refractivity contribution in [2.24, 2.45) is 0 Å². The molecule has 0 fully saturated rings. The lowest BCUT2D eigenvalue weighted by molar-refractivity contribution is -0.123. The van der Waals surface area contributed by atoms with Gasteiger partial charge >= 0.3 is 0 Å². The topological polar surface area (TPSA) is 50.8 Å². The number of fused-ring (bicyclic) bond motifs is 1. The molecule has 0 radical (unpaired) electrons. The Labute approximate surface area is 159 Å². The van der Waals surface area contributed by atoms with Gasteiger partial charge in [0, 0.05) is 19.1 Å². The smallest absolute Gasteiger partial charge is 0.234 e. The lowest BCUT2D eigenvalue weighted by Gasteiger charge is -2.35. The van der Waals surface area contributed by atoms with E-state index in [0.717, 1.165) is 29.8 Å². The van der Waals surface area contributed by atoms with Crippen LogP contribution >= 0.6 is 0 Å². The summed E-state index contributed by atoms with van der Waals surface area (Å²) in [6.07, 6.45) is 0.852. The van der Waals surface area contributed by atoms with Gasteiger partial charge in [-0.05, 0) is 54.3 Å². The van der Waals surface area contributed by atoms with Crippen molar-refractivity contribution in [1.82, 2.24) is 10.2 Å². The zero-order chi connectivity index (χ0) is 19.4. The summed E-state index contributed by atoms with van der Waals surface area (Å²) in [5.74, 6) is 1.10. The zero-order valence-corrected chi connectivity index (χ0v) is 15.9. The van der Waals surface area contributed by atoms with Gasteiger partial charge in [-0.25, -0.2) is 4.39 Å². The van der Waals surface area contributed by atoms with E-state index in [-0.39, 0.29) is 17.8 Å². The van der Waals surface area contributed by atoms with E-state index in [0.29, 0.717) is 18.8 Å². The number of hydrogen-bond donors (Lipinski definition) is 1. The number of carbonyl (C=O) groups is 1. The highest BCUT2D eigenvalue weighted by Crippen LogP contribution is 2.37. The number of rotatable bonds is 6. The van der Waals surface area contributed by atoms with Crippen LogP contribution in [-0.2, 0) is 17.8 Å². The minimum Gasteiger partial charge on any atom is -0.493 e. The number of nitrogens with one attached hydrogen (secondary N) is 1. The Balaban J connectivity index is 1.63. The van der Waals surface area contributed by atoms with E-state index < -0.39 is 0 Å². The van der Waals surface area contributed by atoms with Gasteiger partial charge in [0.25, 0.3) is 0 Å². The third-order valence-electron chi connectivity index (χ3n) is 5.06. The van der Waals surface area contributed by atoms with Crippen LogP contribution in [0.1, 0.15) is 29.7 Å². The molecule has 0 bridgehead atoms. The van der Waals surface area contributed by atoms with Crippen LogP contribution in [0.15, 0.2) is 36.4 Å². The summed E-state index contributed by atoms with van der Waals surface area (Å²) in [4.78, 5) is 14.5. The molecule has 6 heteroatoms. The van der Waals surface area contributed by atoms with Gasteiger partial charge in [0.05, 0.1) is 20.8 Å². The number of benzene rings is 2. The van der Waals surface area contributed by atoms with Crippen LogP contribution in [0.5, 0.6) is 11.5 Å². The first-order chi connectivity index (χ1) is 13.0. The van der Waals surface area contributed by atoms with Gasteiger partial charge in [0.1, 0.15) is 5.82 Å². The van der Waals surface area contributed by atoms with E-state index in [4.69, 9.17) is 9.47 Å². The fraction of sp³-hybridized carbons (Fsp3) is 0.381. The number of amides is 1. The van der Waals surface area contributed by atoms with Crippen molar-refractivity contribution in [2.45, 2.75) is 25.9 Å². The molecule has 0 unspecified atom stereocenters. The highest BCUT2D eigenvalue weighted by Gasteiger charge is 2.27. The minimum absolute atomic E-state index is 0.0462. The second-order valence-electron chi connectivity index (χ2n) is 6.71. The minimum atomic E-state index is -0.280. The SMILES string of the molecule is COc1cc2c(cc1OC)[C@@H](C)N(CC(=O)NCc1ccc(F)cc1)CC2. The maximum absolute atomic E-state index is 12.9. The third-order valence-corrected chi connectivity index (χ3v) is 5.06. The first kappa shape index (κ1) is 19.2. The molecule has 2 aromatic rings. The van der Waals surface area contributed by atoms with E-state index in [1.54, 1.807) is 26.4 Å². The predicted molar refractivity (Wildman–Crippen MR) is 101 cm³/mol.